The first kappa shape index (κ1) is 14.0. The fourth-order valence-corrected chi connectivity index (χ4v) is 4.01. The van der Waals surface area contributed by atoms with E-state index in [1.54, 1.807) is 0 Å². The number of halogens is 1. The maximum absolute atomic E-state index is 11.4. The van der Waals surface area contributed by atoms with Crippen molar-refractivity contribution in [2.24, 2.45) is 0 Å². The monoisotopic (exact) mass is 331 g/mol. The van der Waals surface area contributed by atoms with Crippen LogP contribution in [0.3, 0.4) is 0 Å². The summed E-state index contributed by atoms with van der Waals surface area (Å²) in [4.78, 5) is 0. The van der Waals surface area contributed by atoms with Crippen molar-refractivity contribution in [1.82, 2.24) is 5.32 Å². The van der Waals surface area contributed by atoms with Crippen LogP contribution in [0, 0.1) is 0 Å². The Morgan fingerprint density at radius 2 is 1.78 bits per heavy atom. The van der Waals surface area contributed by atoms with Gasteiger partial charge in [-0.15, -0.1) is 0 Å². The fraction of sp³-hybridized carbons (Fsp3) is 0.538. The van der Waals surface area contributed by atoms with E-state index in [0.717, 1.165) is 17.3 Å². The molecule has 2 rings (SSSR count). The average molecular weight is 332 g/mol. The smallest absolute Gasteiger partial charge is 0.150 e. The fourth-order valence-electron chi connectivity index (χ4n) is 2.26. The lowest BCUT2D eigenvalue weighted by Gasteiger charge is -2.26. The van der Waals surface area contributed by atoms with Crippen molar-refractivity contribution in [3.8, 4) is 0 Å². The van der Waals surface area contributed by atoms with E-state index in [0.29, 0.717) is 17.5 Å². The second kappa shape index (κ2) is 5.72. The molecule has 0 amide bonds. The van der Waals surface area contributed by atoms with E-state index in [9.17, 15) is 8.42 Å². The number of sulfone groups is 1. The number of nitrogens with one attached hydrogen (secondary N) is 1. The molecule has 1 N–H and O–H groups in total. The Bertz CT molecular complexity index is 484. The second-order valence-electron chi connectivity index (χ2n) is 4.87. The molecule has 0 spiro atoms. The van der Waals surface area contributed by atoms with E-state index in [1.807, 2.05) is 12.1 Å². The number of hydrogen-bond acceptors (Lipinski definition) is 3. The summed E-state index contributed by atoms with van der Waals surface area (Å²) >= 11 is 3.42. The Labute approximate surface area is 117 Å². The summed E-state index contributed by atoms with van der Waals surface area (Å²) in [6.07, 6.45) is 1.45. The zero-order valence-corrected chi connectivity index (χ0v) is 12.8. The Kier molecular flexibility index (Phi) is 4.45. The zero-order valence-electron chi connectivity index (χ0n) is 10.4. The zero-order chi connectivity index (χ0) is 13.2. The highest BCUT2D eigenvalue weighted by Crippen LogP contribution is 2.20. The van der Waals surface area contributed by atoms with Gasteiger partial charge in [0.05, 0.1) is 11.5 Å². The van der Waals surface area contributed by atoms with Crippen molar-refractivity contribution in [2.45, 2.75) is 31.8 Å². The molecule has 100 valence electrons. The summed E-state index contributed by atoms with van der Waals surface area (Å²) in [7, 11) is -2.77. The SMILES string of the molecule is C[C@H](NC1CCS(=O)(=O)CC1)c1ccc(Br)cc1. The lowest BCUT2D eigenvalue weighted by atomic mass is 10.1. The molecule has 3 nitrogen and oxygen atoms in total. The molecule has 0 bridgehead atoms. The highest BCUT2D eigenvalue weighted by molar-refractivity contribution is 9.10. The first-order valence-corrected chi connectivity index (χ1v) is 8.80. The van der Waals surface area contributed by atoms with Gasteiger partial charge >= 0.3 is 0 Å². The standard InChI is InChI=1S/C13H18BrNO2S/c1-10(11-2-4-12(14)5-3-11)15-13-6-8-18(16,17)9-7-13/h2-5,10,13,15H,6-9H2,1H3/t10-/m0/s1. The summed E-state index contributed by atoms with van der Waals surface area (Å²) in [6, 6.07) is 8.79. The normalized spacial score (nSPS) is 21.7. The molecule has 1 aliphatic heterocycles. The van der Waals surface area contributed by atoms with Gasteiger partial charge in [-0.25, -0.2) is 8.42 Å². The quantitative estimate of drug-likeness (QED) is 0.926. The van der Waals surface area contributed by atoms with Gasteiger partial charge in [0.15, 0.2) is 0 Å². The molecule has 18 heavy (non-hydrogen) atoms. The van der Waals surface area contributed by atoms with Crippen LogP contribution in [0.5, 0.6) is 0 Å². The van der Waals surface area contributed by atoms with Crippen molar-refractivity contribution in [3.05, 3.63) is 34.3 Å². The van der Waals surface area contributed by atoms with Gasteiger partial charge in [0, 0.05) is 16.6 Å². The van der Waals surface area contributed by atoms with E-state index >= 15 is 0 Å². The Morgan fingerprint density at radius 1 is 1.22 bits per heavy atom. The largest absolute Gasteiger partial charge is 0.307 e. The third kappa shape index (κ3) is 3.80. The summed E-state index contributed by atoms with van der Waals surface area (Å²) in [6.45, 7) is 2.12. The predicted molar refractivity (Wildman–Crippen MR) is 77.4 cm³/mol. The van der Waals surface area contributed by atoms with Gasteiger partial charge in [-0.2, -0.15) is 0 Å². The van der Waals surface area contributed by atoms with Crippen LogP contribution >= 0.6 is 15.9 Å². The van der Waals surface area contributed by atoms with Gasteiger partial charge in [0.2, 0.25) is 0 Å². The molecule has 1 heterocycles. The van der Waals surface area contributed by atoms with Crippen molar-refractivity contribution in [2.75, 3.05) is 11.5 Å². The molecule has 0 aromatic heterocycles. The van der Waals surface area contributed by atoms with Gasteiger partial charge in [-0.05, 0) is 37.5 Å². The van der Waals surface area contributed by atoms with E-state index < -0.39 is 9.84 Å². The molecule has 0 saturated carbocycles. The highest BCUT2D eigenvalue weighted by atomic mass is 79.9. The van der Waals surface area contributed by atoms with E-state index in [1.165, 1.54) is 5.56 Å². The molecule has 0 unspecified atom stereocenters. The minimum Gasteiger partial charge on any atom is -0.307 e. The molecule has 1 atom stereocenters. The molecule has 1 aromatic carbocycles. The first-order chi connectivity index (χ1) is 8.46. The second-order valence-corrected chi connectivity index (χ2v) is 8.09. The van der Waals surface area contributed by atoms with Crippen LogP contribution in [-0.2, 0) is 9.84 Å². The van der Waals surface area contributed by atoms with Gasteiger partial charge in [-0.1, -0.05) is 28.1 Å². The number of benzene rings is 1. The Hall–Kier alpha value is -0.390. The van der Waals surface area contributed by atoms with Gasteiger partial charge in [0.1, 0.15) is 9.84 Å². The van der Waals surface area contributed by atoms with Crippen LogP contribution in [0.25, 0.3) is 0 Å². The summed E-state index contributed by atoms with van der Waals surface area (Å²) in [5.74, 6) is 0.634. The predicted octanol–water partition coefficient (Wildman–Crippen LogP) is 2.68. The lowest BCUT2D eigenvalue weighted by Crippen LogP contribution is -2.38. The lowest BCUT2D eigenvalue weighted by molar-refractivity contribution is 0.420. The topological polar surface area (TPSA) is 46.2 Å². The van der Waals surface area contributed by atoms with Crippen LogP contribution in [0.15, 0.2) is 28.7 Å². The third-order valence-electron chi connectivity index (χ3n) is 3.41. The van der Waals surface area contributed by atoms with Crippen LogP contribution < -0.4 is 5.32 Å². The maximum atomic E-state index is 11.4. The van der Waals surface area contributed by atoms with Crippen LogP contribution in [0.4, 0.5) is 0 Å². The number of hydrogen-bond donors (Lipinski definition) is 1. The molecule has 1 fully saturated rings. The van der Waals surface area contributed by atoms with Crippen molar-refractivity contribution in [1.29, 1.82) is 0 Å². The van der Waals surface area contributed by atoms with E-state index in [2.05, 4.69) is 40.3 Å². The summed E-state index contributed by atoms with van der Waals surface area (Å²) < 4.78 is 23.8. The number of rotatable bonds is 3. The molecule has 1 aliphatic rings. The van der Waals surface area contributed by atoms with Crippen molar-refractivity contribution >= 4 is 25.8 Å². The molecule has 0 aliphatic carbocycles. The summed E-state index contributed by atoms with van der Waals surface area (Å²) in [5, 5.41) is 3.51. The average Bonchev–Trinajstić information content (AvgIpc) is 2.33. The van der Waals surface area contributed by atoms with Crippen molar-refractivity contribution < 1.29 is 8.42 Å². The maximum Gasteiger partial charge on any atom is 0.150 e. The third-order valence-corrected chi connectivity index (χ3v) is 5.65. The van der Waals surface area contributed by atoms with E-state index in [-0.39, 0.29) is 6.04 Å². The molecule has 0 radical (unpaired) electrons. The minimum absolute atomic E-state index is 0.254. The van der Waals surface area contributed by atoms with Gasteiger partial charge in [-0.3, -0.25) is 0 Å². The Balaban J connectivity index is 1.92. The van der Waals surface area contributed by atoms with Crippen LogP contribution in [0.1, 0.15) is 31.4 Å². The molecule has 5 heteroatoms. The van der Waals surface area contributed by atoms with Gasteiger partial charge in [0.25, 0.3) is 0 Å². The van der Waals surface area contributed by atoms with Crippen LogP contribution in [-0.4, -0.2) is 26.0 Å². The van der Waals surface area contributed by atoms with Crippen LogP contribution in [0.2, 0.25) is 0 Å². The molecule has 1 saturated heterocycles. The first-order valence-electron chi connectivity index (χ1n) is 6.18. The van der Waals surface area contributed by atoms with E-state index in [4.69, 9.17) is 0 Å². The summed E-state index contributed by atoms with van der Waals surface area (Å²) in [5.41, 5.74) is 1.23. The Morgan fingerprint density at radius 3 is 2.33 bits per heavy atom. The minimum atomic E-state index is -2.77. The molecule has 1 aromatic rings. The molecular formula is C13H18BrNO2S. The molecular weight excluding hydrogens is 314 g/mol. The highest BCUT2D eigenvalue weighted by Gasteiger charge is 2.24. The van der Waals surface area contributed by atoms with Crippen molar-refractivity contribution in [3.63, 3.8) is 0 Å². The van der Waals surface area contributed by atoms with Gasteiger partial charge < -0.3 is 5.32 Å².